The minimum Gasteiger partial charge on any atom is -0.497 e. The summed E-state index contributed by atoms with van der Waals surface area (Å²) < 4.78 is 5.04. The van der Waals surface area contributed by atoms with Gasteiger partial charge in [-0.2, -0.15) is 0 Å². The van der Waals surface area contributed by atoms with Crippen LogP contribution in [0.3, 0.4) is 0 Å². The third-order valence-corrected chi connectivity index (χ3v) is 3.44. The first kappa shape index (κ1) is 22.2. The number of carbonyl (C=O) groups is 2. The van der Waals surface area contributed by atoms with Crippen molar-refractivity contribution < 1.29 is 19.4 Å². The van der Waals surface area contributed by atoms with Crippen molar-refractivity contribution in [1.29, 1.82) is 0 Å². The largest absolute Gasteiger partial charge is 0.497 e. The molecule has 0 fully saturated rings. The van der Waals surface area contributed by atoms with Crippen LogP contribution in [0.15, 0.2) is 24.3 Å². The Hall–Kier alpha value is -1.83. The van der Waals surface area contributed by atoms with Crippen molar-refractivity contribution in [2.45, 2.75) is 26.0 Å². The summed E-state index contributed by atoms with van der Waals surface area (Å²) in [5.74, 6) is -0.0723. The van der Waals surface area contributed by atoms with E-state index in [1.54, 1.807) is 31.4 Å². The van der Waals surface area contributed by atoms with Gasteiger partial charge in [-0.1, -0.05) is 26.0 Å². The topological polar surface area (TPSA) is 114 Å². The maximum atomic E-state index is 11.7. The SMILES string of the molecule is COc1ccc(C(O)CNC(=O)CNC(=O)[C@@H](N)C(C)C)cc1.Cl. The van der Waals surface area contributed by atoms with Crippen molar-refractivity contribution in [3.05, 3.63) is 29.8 Å². The van der Waals surface area contributed by atoms with Crippen molar-refractivity contribution >= 4 is 24.2 Å². The van der Waals surface area contributed by atoms with Crippen molar-refractivity contribution in [1.82, 2.24) is 10.6 Å². The van der Waals surface area contributed by atoms with Gasteiger partial charge in [0.2, 0.25) is 11.8 Å². The smallest absolute Gasteiger partial charge is 0.239 e. The van der Waals surface area contributed by atoms with Crippen LogP contribution >= 0.6 is 12.4 Å². The molecule has 1 aromatic rings. The van der Waals surface area contributed by atoms with Crippen LogP contribution in [0.25, 0.3) is 0 Å². The van der Waals surface area contributed by atoms with E-state index >= 15 is 0 Å². The Labute approximate surface area is 148 Å². The Morgan fingerprint density at radius 2 is 1.79 bits per heavy atom. The van der Waals surface area contributed by atoms with Crippen LogP contribution < -0.4 is 21.1 Å². The molecule has 0 aliphatic heterocycles. The number of methoxy groups -OCH3 is 1. The standard InChI is InChI=1S/C16H25N3O4.ClH/c1-10(2)15(17)16(22)19-9-14(21)18-8-13(20)11-4-6-12(23-3)7-5-11;/h4-7,10,13,15,20H,8-9,17H2,1-3H3,(H,18,21)(H,19,22);1H/t13?,15-;/m0./s1. The molecule has 24 heavy (non-hydrogen) atoms. The van der Waals surface area contributed by atoms with E-state index in [0.29, 0.717) is 11.3 Å². The summed E-state index contributed by atoms with van der Waals surface area (Å²) in [6, 6.07) is 6.26. The molecule has 1 rings (SSSR count). The minimum atomic E-state index is -0.835. The number of aliphatic hydroxyl groups is 1. The van der Waals surface area contributed by atoms with Crippen molar-refractivity contribution in [3.63, 3.8) is 0 Å². The Morgan fingerprint density at radius 3 is 2.29 bits per heavy atom. The second kappa shape index (κ2) is 10.9. The monoisotopic (exact) mass is 359 g/mol. The number of amides is 2. The zero-order chi connectivity index (χ0) is 17.4. The van der Waals surface area contributed by atoms with E-state index < -0.39 is 12.1 Å². The molecule has 2 amide bonds. The van der Waals surface area contributed by atoms with Gasteiger partial charge in [-0.05, 0) is 23.6 Å². The quantitative estimate of drug-likeness (QED) is 0.535. The highest BCUT2D eigenvalue weighted by molar-refractivity contribution is 5.87. The summed E-state index contributed by atoms with van der Waals surface area (Å²) in [6.07, 6.45) is -0.835. The van der Waals surface area contributed by atoms with E-state index in [4.69, 9.17) is 10.5 Å². The van der Waals surface area contributed by atoms with Gasteiger partial charge in [0.25, 0.3) is 0 Å². The maximum absolute atomic E-state index is 11.7. The van der Waals surface area contributed by atoms with Gasteiger partial charge < -0.3 is 26.2 Å². The number of halogens is 1. The molecule has 7 nitrogen and oxygen atoms in total. The van der Waals surface area contributed by atoms with Gasteiger partial charge in [0.1, 0.15) is 5.75 Å². The Bertz CT molecular complexity index is 523. The number of benzene rings is 1. The number of nitrogens with two attached hydrogens (primary N) is 1. The fraction of sp³-hybridized carbons (Fsp3) is 0.500. The van der Waals surface area contributed by atoms with Gasteiger partial charge in [-0.15, -0.1) is 12.4 Å². The van der Waals surface area contributed by atoms with E-state index in [-0.39, 0.29) is 43.2 Å². The zero-order valence-electron chi connectivity index (χ0n) is 14.1. The van der Waals surface area contributed by atoms with Crippen LogP contribution in [0.5, 0.6) is 5.75 Å². The minimum absolute atomic E-state index is 0. The molecule has 0 saturated heterocycles. The second-order valence-electron chi connectivity index (χ2n) is 5.58. The van der Waals surface area contributed by atoms with E-state index in [0.717, 1.165) is 0 Å². The molecular weight excluding hydrogens is 334 g/mol. The van der Waals surface area contributed by atoms with Crippen LogP contribution in [0.1, 0.15) is 25.5 Å². The van der Waals surface area contributed by atoms with Crippen LogP contribution in [0.4, 0.5) is 0 Å². The van der Waals surface area contributed by atoms with Crippen LogP contribution in [0, 0.1) is 5.92 Å². The highest BCUT2D eigenvalue weighted by Gasteiger charge is 2.17. The molecule has 1 unspecified atom stereocenters. The molecule has 0 heterocycles. The third-order valence-electron chi connectivity index (χ3n) is 3.44. The molecule has 0 spiro atoms. The van der Waals surface area contributed by atoms with E-state index in [9.17, 15) is 14.7 Å². The second-order valence-corrected chi connectivity index (χ2v) is 5.58. The number of hydrogen-bond acceptors (Lipinski definition) is 5. The molecule has 0 aliphatic rings. The van der Waals surface area contributed by atoms with Gasteiger partial charge in [-0.3, -0.25) is 9.59 Å². The first-order valence-electron chi connectivity index (χ1n) is 7.47. The van der Waals surface area contributed by atoms with Crippen molar-refractivity contribution in [3.8, 4) is 5.75 Å². The van der Waals surface area contributed by atoms with Crippen LogP contribution in [-0.2, 0) is 9.59 Å². The number of hydrogen-bond donors (Lipinski definition) is 4. The average molecular weight is 360 g/mol. The van der Waals surface area contributed by atoms with Crippen molar-refractivity contribution in [2.75, 3.05) is 20.2 Å². The zero-order valence-corrected chi connectivity index (χ0v) is 14.9. The molecule has 5 N–H and O–H groups in total. The predicted octanol–water partition coefficient (Wildman–Crippen LogP) is 0.366. The molecule has 2 atom stereocenters. The lowest BCUT2D eigenvalue weighted by Crippen LogP contribution is -2.47. The number of carbonyl (C=O) groups excluding carboxylic acids is 2. The van der Waals surface area contributed by atoms with Crippen LogP contribution in [0.2, 0.25) is 0 Å². The first-order chi connectivity index (χ1) is 10.8. The van der Waals surface area contributed by atoms with E-state index in [1.807, 2.05) is 13.8 Å². The van der Waals surface area contributed by atoms with Crippen LogP contribution in [-0.4, -0.2) is 43.2 Å². The number of ether oxygens (including phenoxy) is 1. The lowest BCUT2D eigenvalue weighted by molar-refractivity contribution is -0.127. The average Bonchev–Trinajstić information content (AvgIpc) is 2.56. The fourth-order valence-electron chi connectivity index (χ4n) is 1.80. The summed E-state index contributed by atoms with van der Waals surface area (Å²) in [7, 11) is 1.56. The lowest BCUT2D eigenvalue weighted by atomic mass is 10.1. The van der Waals surface area contributed by atoms with Gasteiger partial charge in [0.05, 0.1) is 25.8 Å². The molecule has 0 aromatic heterocycles. The number of aliphatic hydroxyl groups excluding tert-OH is 1. The fourth-order valence-corrected chi connectivity index (χ4v) is 1.80. The van der Waals surface area contributed by atoms with Gasteiger partial charge >= 0.3 is 0 Å². The molecule has 0 bridgehead atoms. The predicted molar refractivity (Wildman–Crippen MR) is 94.0 cm³/mol. The molecule has 8 heteroatoms. The van der Waals surface area contributed by atoms with E-state index in [1.165, 1.54) is 0 Å². The number of rotatable bonds is 8. The highest BCUT2D eigenvalue weighted by atomic mass is 35.5. The molecule has 0 aliphatic carbocycles. The Balaban J connectivity index is 0.00000529. The van der Waals surface area contributed by atoms with Crippen molar-refractivity contribution in [2.24, 2.45) is 11.7 Å². The summed E-state index contributed by atoms with van der Waals surface area (Å²) in [6.45, 7) is 3.54. The van der Waals surface area contributed by atoms with Gasteiger partial charge in [0.15, 0.2) is 0 Å². The summed E-state index contributed by atoms with van der Waals surface area (Å²) in [5, 5.41) is 15.0. The molecule has 0 saturated carbocycles. The maximum Gasteiger partial charge on any atom is 0.239 e. The molecule has 0 radical (unpaired) electrons. The first-order valence-corrected chi connectivity index (χ1v) is 7.47. The van der Waals surface area contributed by atoms with Gasteiger partial charge in [-0.25, -0.2) is 0 Å². The normalized spacial score (nSPS) is 12.8. The molecule has 1 aromatic carbocycles. The summed E-state index contributed by atoms with van der Waals surface area (Å²) in [4.78, 5) is 23.3. The van der Waals surface area contributed by atoms with E-state index in [2.05, 4.69) is 10.6 Å². The van der Waals surface area contributed by atoms with Gasteiger partial charge in [0, 0.05) is 6.54 Å². The third kappa shape index (κ3) is 7.16. The highest BCUT2D eigenvalue weighted by Crippen LogP contribution is 2.16. The number of nitrogens with one attached hydrogen (secondary N) is 2. The summed E-state index contributed by atoms with van der Waals surface area (Å²) in [5.41, 5.74) is 6.34. The Kier molecular flexibility index (Phi) is 10.0. The lowest BCUT2D eigenvalue weighted by Gasteiger charge is -2.16. The molecular formula is C16H26ClN3O4. The molecule has 136 valence electrons. The summed E-state index contributed by atoms with van der Waals surface area (Å²) >= 11 is 0. The Morgan fingerprint density at radius 1 is 1.21 bits per heavy atom.